The van der Waals surface area contributed by atoms with E-state index >= 15 is 0 Å². The number of alkyl halides is 1. The van der Waals surface area contributed by atoms with E-state index in [1.165, 1.54) is 70.1 Å². The van der Waals surface area contributed by atoms with E-state index in [1.54, 1.807) is 0 Å². The van der Waals surface area contributed by atoms with Crippen molar-refractivity contribution in [3.05, 3.63) is 23.3 Å². The second-order valence-corrected chi connectivity index (χ2v) is 42.2. The topological polar surface area (TPSA) is 80.4 Å². The summed E-state index contributed by atoms with van der Waals surface area (Å²) in [6.45, 7) is 17.9. The number of carboxylic acid groups (broad SMARTS) is 1. The Morgan fingerprint density at radius 3 is 1.10 bits per heavy atom. The van der Waals surface area contributed by atoms with Crippen molar-refractivity contribution in [2.75, 3.05) is 12.0 Å². The number of halogens is 5. The molecule has 2 aliphatic rings. The zero-order valence-electron chi connectivity index (χ0n) is 27.6. The summed E-state index contributed by atoms with van der Waals surface area (Å²) >= 11 is 9.54. The summed E-state index contributed by atoms with van der Waals surface area (Å²) < 4.78 is 0. The number of aliphatic carboxylic acids is 1. The van der Waals surface area contributed by atoms with Gasteiger partial charge in [0.2, 0.25) is 0 Å². The summed E-state index contributed by atoms with van der Waals surface area (Å²) in [5.41, 5.74) is 7.01. The van der Waals surface area contributed by atoms with Crippen molar-refractivity contribution in [2.24, 2.45) is 5.73 Å². The zero-order chi connectivity index (χ0) is 32.5. The van der Waals surface area contributed by atoms with Crippen LogP contribution in [0.25, 0.3) is 0 Å². The Kier molecular flexibility index (Phi) is 99.9. The molecule has 248 valence electrons. The third-order valence-electron chi connectivity index (χ3n) is 4.53. The molecule has 10 heteroatoms. The Balaban J connectivity index is -0.0000000560. The van der Waals surface area contributed by atoms with Gasteiger partial charge >= 0.3 is 70.8 Å². The number of nitrogens with two attached hydrogens (primary N) is 1. The van der Waals surface area contributed by atoms with Gasteiger partial charge in [0.25, 0.3) is 0 Å². The van der Waals surface area contributed by atoms with Gasteiger partial charge in [-0.2, -0.15) is 0 Å². The van der Waals surface area contributed by atoms with Crippen LogP contribution in [0, 0.1) is 0 Å². The summed E-state index contributed by atoms with van der Waals surface area (Å²) in [4.78, 5) is 23.1. The number of rotatable bonds is 3. The van der Waals surface area contributed by atoms with Crippen LogP contribution in [0.5, 0.6) is 0 Å². The fourth-order valence-electron chi connectivity index (χ4n) is 3.16. The van der Waals surface area contributed by atoms with Crippen LogP contribution in [0.4, 0.5) is 0 Å². The van der Waals surface area contributed by atoms with Gasteiger partial charge in [0.1, 0.15) is 0 Å². The molecule has 3 N–H and O–H groups in total. The van der Waals surface area contributed by atoms with Crippen molar-refractivity contribution >= 4 is 118 Å². The van der Waals surface area contributed by atoms with Crippen molar-refractivity contribution in [2.45, 2.75) is 146 Å². The van der Waals surface area contributed by atoms with Gasteiger partial charge in [-0.05, 0) is 69.4 Å². The molecule has 0 atom stereocenters. The van der Waals surface area contributed by atoms with Crippen LogP contribution >= 0.6 is 107 Å². The van der Waals surface area contributed by atoms with Gasteiger partial charge in [-0.15, -0.1) is 24.0 Å². The maximum absolute atomic E-state index is 11.1. The van der Waals surface area contributed by atoms with Crippen molar-refractivity contribution in [1.29, 1.82) is 0 Å². The molecule has 0 aliphatic heterocycles. The second kappa shape index (κ2) is 64.7. The number of hydrogen-bond acceptors (Lipinski definition) is 3. The molecule has 0 aromatic heterocycles. The molecule has 0 spiro atoms. The predicted molar refractivity (Wildman–Crippen MR) is 227 cm³/mol. The Morgan fingerprint density at radius 2 is 0.900 bits per heavy atom. The quantitative estimate of drug-likeness (QED) is 0.128. The van der Waals surface area contributed by atoms with Crippen LogP contribution in [0.1, 0.15) is 146 Å². The number of carboxylic acids is 1. The Bertz CT molecular complexity index is 485. The van der Waals surface area contributed by atoms with E-state index < -0.39 is 5.97 Å². The standard InChI is InChI=1S/C11H18O.C9H14O2.4C2H6.CH3I.CH5N.4HI.V/c1-2-11(12)9-10-7-5-3-4-6-8-10;10-9(11)7-8-5-3-1-2-4-6-8;6*1-2;;;;;/h9H,2-8H2,1H3;7H,1-6H2,(H,10,11);4*1-2H3;1H3;2H2,1H3;4*1H;/q;;;;;;;;;;;;+3/p-3. The van der Waals surface area contributed by atoms with Gasteiger partial charge in [-0.25, -0.2) is 4.79 Å². The molecule has 4 nitrogen and oxygen atoms in total. The summed E-state index contributed by atoms with van der Waals surface area (Å²) in [5.74, 6) is -0.492. The number of allylic oxidation sites excluding steroid dienone is 3. The van der Waals surface area contributed by atoms with Crippen LogP contribution in [-0.4, -0.2) is 28.8 Å². The van der Waals surface area contributed by atoms with E-state index in [1.807, 2.05) is 73.3 Å². The van der Waals surface area contributed by atoms with Crippen LogP contribution in [0.15, 0.2) is 23.3 Å². The summed E-state index contributed by atoms with van der Waals surface area (Å²) in [6, 6.07) is 0. The first-order valence-electron chi connectivity index (χ1n) is 14.7. The zero-order valence-corrected chi connectivity index (χ0v) is 39.9. The number of ketones is 1. The molecular weight excluding hydrogens is 1110 g/mol. The summed E-state index contributed by atoms with van der Waals surface area (Å²) in [5, 5.41) is 8.48. The minimum absolute atomic E-state index is 0. The normalized spacial score (nSPS) is 12.6. The van der Waals surface area contributed by atoms with E-state index in [-0.39, 0.29) is 28.9 Å². The fourth-order valence-corrected chi connectivity index (χ4v) is 3.16. The van der Waals surface area contributed by atoms with Gasteiger partial charge < -0.3 is 10.8 Å². The van der Waals surface area contributed by atoms with E-state index in [9.17, 15) is 9.59 Å². The summed E-state index contributed by atoms with van der Waals surface area (Å²) in [6.07, 6.45) is 18.3. The summed E-state index contributed by atoms with van der Waals surface area (Å²) in [7, 11) is 1.50. The Hall–Kier alpha value is 2.81. The maximum atomic E-state index is 11.1. The molecule has 0 bridgehead atoms. The SMILES string of the molecule is CC.CC.CC.CC.CCC(=O)C=C1CCCCCC1.CI.CN.I.O=C(O)C=C1CCCCCC1.[I][V]([I])[I]. The van der Waals surface area contributed by atoms with Crippen LogP contribution < -0.4 is 5.73 Å². The van der Waals surface area contributed by atoms with E-state index in [4.69, 9.17) is 5.11 Å². The van der Waals surface area contributed by atoms with E-state index in [2.05, 4.69) is 88.3 Å². The Morgan fingerprint density at radius 1 is 0.675 bits per heavy atom. The molecule has 0 aromatic carbocycles. The molecule has 2 saturated carbocycles. The third kappa shape index (κ3) is 68.1. The molecule has 0 aromatic rings. The first kappa shape index (κ1) is 61.8. The molecule has 0 radical (unpaired) electrons. The molecule has 2 fully saturated rings. The van der Waals surface area contributed by atoms with Gasteiger partial charge in [-0.3, -0.25) is 4.79 Å². The number of carbonyl (C=O) groups is 2. The fraction of sp³-hybridized carbons (Fsp3) is 0.800. The van der Waals surface area contributed by atoms with Gasteiger partial charge in [-0.1, -0.05) is 122 Å². The average Bonchev–Trinajstić information content (AvgIpc) is 3.40. The van der Waals surface area contributed by atoms with Crippen LogP contribution in [-0.2, 0) is 14.5 Å². The van der Waals surface area contributed by atoms with E-state index in [0.717, 1.165) is 31.3 Å². The van der Waals surface area contributed by atoms with Gasteiger partial charge in [0.15, 0.2) is 5.78 Å². The minimum atomic E-state index is -0.790. The molecule has 40 heavy (non-hydrogen) atoms. The molecule has 0 saturated heterocycles. The van der Waals surface area contributed by atoms with Crippen molar-refractivity contribution < 1.29 is 19.6 Å². The van der Waals surface area contributed by atoms with Crippen molar-refractivity contribution in [1.82, 2.24) is 0 Å². The van der Waals surface area contributed by atoms with Crippen LogP contribution in [0.2, 0.25) is 0 Å². The van der Waals surface area contributed by atoms with Gasteiger partial charge in [0, 0.05) is 12.5 Å². The predicted octanol–water partition coefficient (Wildman–Crippen LogP) is 13.6. The average molecular weight is 1170 g/mol. The first-order valence-corrected chi connectivity index (χ1v) is 30.4. The Labute approximate surface area is 320 Å². The monoisotopic (exact) mass is 1170 g/mol. The van der Waals surface area contributed by atoms with E-state index in [0.29, 0.717) is 12.2 Å². The van der Waals surface area contributed by atoms with Crippen LogP contribution in [0.3, 0.4) is 0 Å². The second-order valence-electron chi connectivity index (χ2n) is 6.78. The van der Waals surface area contributed by atoms with Gasteiger partial charge in [0.05, 0.1) is 0 Å². The molecule has 2 aliphatic carbocycles. The molecule has 0 heterocycles. The number of hydrogen-bond donors (Lipinski definition) is 2. The van der Waals surface area contributed by atoms with Crippen molar-refractivity contribution in [3.63, 3.8) is 0 Å². The molecule has 2 rings (SSSR count). The first-order chi connectivity index (χ1) is 18.8. The third-order valence-corrected chi connectivity index (χ3v) is 4.53. The number of carbonyl (C=O) groups excluding carboxylic acids is 1. The molecule has 0 amide bonds. The molecular formula is C30H65I5NO3V. The molecule has 0 unspecified atom stereocenters. The van der Waals surface area contributed by atoms with Crippen molar-refractivity contribution in [3.8, 4) is 0 Å².